The van der Waals surface area contributed by atoms with E-state index in [0.717, 1.165) is 16.0 Å². The molecule has 2 fully saturated rings. The first-order valence-corrected chi connectivity index (χ1v) is 10.3. The summed E-state index contributed by atoms with van der Waals surface area (Å²) in [6.45, 7) is 1.98. The number of carbonyl (C=O) groups excluding carboxylic acids is 1. The molecule has 2 aliphatic carbocycles. The van der Waals surface area contributed by atoms with E-state index in [2.05, 4.69) is 5.32 Å². The van der Waals surface area contributed by atoms with E-state index >= 15 is 0 Å². The Kier molecular flexibility index (Phi) is 6.73. The molecule has 0 bridgehead atoms. The number of amides is 2. The van der Waals surface area contributed by atoms with Gasteiger partial charge in [-0.2, -0.15) is 13.2 Å². The van der Waals surface area contributed by atoms with Crippen molar-refractivity contribution in [3.63, 3.8) is 0 Å². The van der Waals surface area contributed by atoms with Crippen LogP contribution in [0.3, 0.4) is 0 Å². The SMILES string of the molecule is CC/C(=C\c1ccccc1)[C@@H]1C[C@H]1N(C(=O)C(F)(F)F)C1CCC(NC(=O)O)CC1. The molecule has 2 aliphatic rings. The lowest BCUT2D eigenvalue weighted by molar-refractivity contribution is -0.189. The van der Waals surface area contributed by atoms with Crippen LogP contribution in [0.5, 0.6) is 0 Å². The van der Waals surface area contributed by atoms with Gasteiger partial charge >= 0.3 is 18.2 Å². The van der Waals surface area contributed by atoms with Crippen LogP contribution in [0.15, 0.2) is 35.9 Å². The van der Waals surface area contributed by atoms with Gasteiger partial charge < -0.3 is 15.3 Å². The van der Waals surface area contributed by atoms with Gasteiger partial charge in [-0.15, -0.1) is 0 Å². The van der Waals surface area contributed by atoms with Crippen LogP contribution in [-0.4, -0.2) is 46.3 Å². The summed E-state index contributed by atoms with van der Waals surface area (Å²) < 4.78 is 40.1. The summed E-state index contributed by atoms with van der Waals surface area (Å²) in [5.41, 5.74) is 2.04. The highest BCUT2D eigenvalue weighted by molar-refractivity contribution is 5.83. The minimum atomic E-state index is -4.92. The highest BCUT2D eigenvalue weighted by atomic mass is 19.4. The van der Waals surface area contributed by atoms with Crippen molar-refractivity contribution in [3.8, 4) is 0 Å². The molecule has 0 aliphatic heterocycles. The zero-order valence-electron chi connectivity index (χ0n) is 16.9. The Bertz CT molecular complexity index is 787. The molecular weight excluding hydrogens is 397 g/mol. The molecule has 0 unspecified atom stereocenters. The van der Waals surface area contributed by atoms with Gasteiger partial charge in [0.05, 0.1) is 0 Å². The Balaban J connectivity index is 1.75. The van der Waals surface area contributed by atoms with Gasteiger partial charge in [-0.3, -0.25) is 4.79 Å². The minimum absolute atomic E-state index is 0.0728. The van der Waals surface area contributed by atoms with Crippen LogP contribution in [0.25, 0.3) is 6.08 Å². The van der Waals surface area contributed by atoms with Gasteiger partial charge in [-0.1, -0.05) is 48.9 Å². The Morgan fingerprint density at radius 2 is 1.80 bits per heavy atom. The molecule has 0 heterocycles. The predicted octanol–water partition coefficient (Wildman–Crippen LogP) is 4.84. The van der Waals surface area contributed by atoms with E-state index in [4.69, 9.17) is 5.11 Å². The Morgan fingerprint density at radius 3 is 2.33 bits per heavy atom. The van der Waals surface area contributed by atoms with Crippen LogP contribution in [0.4, 0.5) is 18.0 Å². The van der Waals surface area contributed by atoms with E-state index in [1.807, 2.05) is 43.3 Å². The molecule has 30 heavy (non-hydrogen) atoms. The van der Waals surface area contributed by atoms with Crippen molar-refractivity contribution in [2.75, 3.05) is 0 Å². The molecule has 164 valence electrons. The molecule has 5 nitrogen and oxygen atoms in total. The highest BCUT2D eigenvalue weighted by Crippen LogP contribution is 2.46. The molecule has 1 aromatic rings. The molecule has 8 heteroatoms. The third-order valence-corrected chi connectivity index (χ3v) is 6.04. The number of halogens is 3. The maximum absolute atomic E-state index is 13.4. The number of nitrogens with zero attached hydrogens (tertiary/aromatic N) is 1. The monoisotopic (exact) mass is 424 g/mol. The average molecular weight is 424 g/mol. The van der Waals surface area contributed by atoms with Gasteiger partial charge in [0.15, 0.2) is 0 Å². The van der Waals surface area contributed by atoms with Crippen molar-refractivity contribution in [2.24, 2.45) is 5.92 Å². The van der Waals surface area contributed by atoms with Crippen molar-refractivity contribution >= 4 is 18.1 Å². The number of hydrogen-bond acceptors (Lipinski definition) is 2. The predicted molar refractivity (Wildman–Crippen MR) is 107 cm³/mol. The first-order chi connectivity index (χ1) is 14.2. The number of nitrogens with one attached hydrogen (secondary N) is 1. The van der Waals surface area contributed by atoms with Gasteiger partial charge in [-0.05, 0) is 44.1 Å². The number of rotatable bonds is 6. The van der Waals surface area contributed by atoms with Crippen LogP contribution in [0.2, 0.25) is 0 Å². The second kappa shape index (κ2) is 9.10. The molecule has 2 amide bonds. The number of hydrogen-bond donors (Lipinski definition) is 2. The highest BCUT2D eigenvalue weighted by Gasteiger charge is 2.54. The summed E-state index contributed by atoms with van der Waals surface area (Å²) in [5, 5.41) is 11.2. The van der Waals surface area contributed by atoms with Crippen LogP contribution in [0.1, 0.15) is 51.0 Å². The van der Waals surface area contributed by atoms with Crippen LogP contribution < -0.4 is 5.32 Å². The third kappa shape index (κ3) is 5.34. The summed E-state index contributed by atoms with van der Waals surface area (Å²) in [6.07, 6.45) is -1.23. The second-order valence-corrected chi connectivity index (χ2v) is 8.06. The van der Waals surface area contributed by atoms with Crippen molar-refractivity contribution in [3.05, 3.63) is 41.5 Å². The maximum Gasteiger partial charge on any atom is 0.471 e. The quantitative estimate of drug-likeness (QED) is 0.687. The van der Waals surface area contributed by atoms with E-state index < -0.39 is 30.3 Å². The zero-order chi connectivity index (χ0) is 21.9. The normalized spacial score (nSPS) is 26.7. The van der Waals surface area contributed by atoms with E-state index in [0.29, 0.717) is 38.5 Å². The molecule has 0 aromatic heterocycles. The van der Waals surface area contributed by atoms with Crippen molar-refractivity contribution < 1.29 is 27.9 Å². The molecule has 2 N–H and O–H groups in total. The molecule has 1 aromatic carbocycles. The molecule has 0 radical (unpaired) electrons. The summed E-state index contributed by atoms with van der Waals surface area (Å²) in [4.78, 5) is 24.2. The first-order valence-electron chi connectivity index (χ1n) is 10.3. The summed E-state index contributed by atoms with van der Waals surface area (Å²) in [5.74, 6) is -1.85. The molecule has 0 saturated heterocycles. The zero-order valence-corrected chi connectivity index (χ0v) is 16.9. The Morgan fingerprint density at radius 1 is 1.17 bits per heavy atom. The topological polar surface area (TPSA) is 69.6 Å². The van der Waals surface area contributed by atoms with Crippen LogP contribution in [-0.2, 0) is 4.79 Å². The smallest absolute Gasteiger partial charge is 0.465 e. The fourth-order valence-corrected chi connectivity index (χ4v) is 4.53. The molecule has 3 rings (SSSR count). The second-order valence-electron chi connectivity index (χ2n) is 8.06. The molecule has 2 saturated carbocycles. The standard InChI is InChI=1S/C22H27F3N2O3/c1-2-15(12-14-6-4-3-5-7-14)18-13-19(18)27(20(28)22(23,24)25)17-10-8-16(9-11-17)26-21(29)30/h3-7,12,16-19,26H,2,8-11,13H2,1H3,(H,29,30)/b15-12+/t16?,17?,18-,19+/m0/s1. The van der Waals surface area contributed by atoms with Crippen LogP contribution in [0, 0.1) is 5.92 Å². The lowest BCUT2D eigenvalue weighted by Gasteiger charge is -2.37. The fraction of sp³-hybridized carbons (Fsp3) is 0.545. The van der Waals surface area contributed by atoms with Crippen molar-refractivity contribution in [1.82, 2.24) is 10.2 Å². The first kappa shape index (κ1) is 22.2. The Labute approximate surface area is 173 Å². The maximum atomic E-state index is 13.4. The molecule has 2 atom stereocenters. The van der Waals surface area contributed by atoms with E-state index in [9.17, 15) is 22.8 Å². The number of alkyl halides is 3. The minimum Gasteiger partial charge on any atom is -0.465 e. The molecule has 0 spiro atoms. The van der Waals surface area contributed by atoms with Crippen molar-refractivity contribution in [1.29, 1.82) is 0 Å². The number of carboxylic acid groups (broad SMARTS) is 1. The average Bonchev–Trinajstić information content (AvgIpc) is 3.47. The summed E-state index contributed by atoms with van der Waals surface area (Å²) in [7, 11) is 0. The van der Waals surface area contributed by atoms with Crippen molar-refractivity contribution in [2.45, 2.75) is 69.8 Å². The third-order valence-electron chi connectivity index (χ3n) is 6.04. The van der Waals surface area contributed by atoms with Gasteiger partial charge in [0.2, 0.25) is 0 Å². The van der Waals surface area contributed by atoms with E-state index in [1.54, 1.807) is 0 Å². The number of benzene rings is 1. The largest absolute Gasteiger partial charge is 0.471 e. The lowest BCUT2D eigenvalue weighted by atomic mass is 9.89. The van der Waals surface area contributed by atoms with Gasteiger partial charge in [0.1, 0.15) is 0 Å². The molecular formula is C22H27F3N2O3. The van der Waals surface area contributed by atoms with E-state index in [-0.39, 0.29) is 12.0 Å². The van der Waals surface area contributed by atoms with Gasteiger partial charge in [-0.25, -0.2) is 4.79 Å². The number of carbonyl (C=O) groups is 2. The van der Waals surface area contributed by atoms with Gasteiger partial charge in [0, 0.05) is 24.0 Å². The Hall–Kier alpha value is -2.51. The van der Waals surface area contributed by atoms with E-state index in [1.165, 1.54) is 0 Å². The lowest BCUT2D eigenvalue weighted by Crippen LogP contribution is -2.51. The summed E-state index contributed by atoms with van der Waals surface area (Å²) >= 11 is 0. The van der Waals surface area contributed by atoms with Crippen LogP contribution >= 0.6 is 0 Å². The fourth-order valence-electron chi connectivity index (χ4n) is 4.53. The summed E-state index contributed by atoms with van der Waals surface area (Å²) in [6, 6.07) is 8.37. The van der Waals surface area contributed by atoms with Gasteiger partial charge in [0.25, 0.3) is 0 Å².